The summed E-state index contributed by atoms with van der Waals surface area (Å²) in [5.74, 6) is -0.924. The first-order valence-electron chi connectivity index (χ1n) is 10.6. The van der Waals surface area contributed by atoms with Crippen LogP contribution in [0.4, 0.5) is 10.5 Å². The molecule has 1 aromatic carbocycles. The van der Waals surface area contributed by atoms with E-state index in [9.17, 15) is 19.2 Å². The lowest BCUT2D eigenvalue weighted by molar-refractivity contribution is -0.145. The third kappa shape index (κ3) is 6.33. The largest absolute Gasteiger partial charge is 0.450 e. The summed E-state index contributed by atoms with van der Waals surface area (Å²) in [6.07, 6.45) is -0.491. The topological polar surface area (TPSA) is 111 Å². The van der Waals surface area contributed by atoms with Gasteiger partial charge in [-0.05, 0) is 31.2 Å². The number of carbonyl (C=O) groups excluding carboxylic acids is 4. The van der Waals surface area contributed by atoms with Crippen LogP contribution in [-0.4, -0.2) is 97.0 Å². The van der Waals surface area contributed by atoms with Gasteiger partial charge in [0, 0.05) is 50.0 Å². The summed E-state index contributed by atoms with van der Waals surface area (Å²) in [6, 6.07) is 5.77. The number of nitrogens with zero attached hydrogens (tertiary/aromatic N) is 3. The molecule has 0 bridgehead atoms. The molecule has 2 N–H and O–H groups in total. The van der Waals surface area contributed by atoms with Crippen LogP contribution in [-0.2, 0) is 19.1 Å². The van der Waals surface area contributed by atoms with E-state index in [1.165, 1.54) is 4.90 Å². The van der Waals surface area contributed by atoms with E-state index in [4.69, 9.17) is 16.3 Å². The van der Waals surface area contributed by atoms with Gasteiger partial charge in [-0.15, -0.1) is 0 Å². The monoisotopic (exact) mass is 465 g/mol. The second-order valence-electron chi connectivity index (χ2n) is 7.62. The Kier molecular flexibility index (Phi) is 8.29. The Balaban J connectivity index is 1.54. The molecule has 2 saturated heterocycles. The number of rotatable bonds is 6. The standard InChI is InChI=1S/C21H28ClN5O5/c1-2-32-21(31)26-11-9-25(10-12-26)14-19(29)27-8-7-23-20(30)17(27)13-18(28)24-16-5-3-15(22)4-6-16/h3-6,17H,2,7-14H2,1H3,(H,23,30)(H,24,28)/t17-/m1/s1. The van der Waals surface area contributed by atoms with Gasteiger partial charge in [-0.1, -0.05) is 11.6 Å². The van der Waals surface area contributed by atoms with Crippen molar-refractivity contribution in [3.05, 3.63) is 29.3 Å². The number of carbonyl (C=O) groups is 4. The summed E-state index contributed by atoms with van der Waals surface area (Å²) >= 11 is 5.86. The first-order chi connectivity index (χ1) is 15.4. The van der Waals surface area contributed by atoms with Crippen molar-refractivity contribution in [2.24, 2.45) is 0 Å². The van der Waals surface area contributed by atoms with Crippen molar-refractivity contribution in [1.82, 2.24) is 20.0 Å². The smallest absolute Gasteiger partial charge is 0.409 e. The normalized spacial score (nSPS) is 19.3. The fraction of sp³-hybridized carbons (Fsp3) is 0.524. The van der Waals surface area contributed by atoms with Gasteiger partial charge in [0.1, 0.15) is 6.04 Å². The van der Waals surface area contributed by atoms with Crippen molar-refractivity contribution in [2.75, 3.05) is 57.7 Å². The van der Waals surface area contributed by atoms with Gasteiger partial charge in [0.05, 0.1) is 19.6 Å². The number of piperazine rings is 2. The molecule has 3 rings (SSSR count). The Bertz CT molecular complexity index is 841. The van der Waals surface area contributed by atoms with E-state index in [0.717, 1.165) is 0 Å². The zero-order valence-electron chi connectivity index (χ0n) is 18.0. The average molecular weight is 466 g/mol. The van der Waals surface area contributed by atoms with Crippen LogP contribution in [0.2, 0.25) is 5.02 Å². The SMILES string of the molecule is CCOC(=O)N1CCN(CC(=O)N2CCNC(=O)[C@H]2CC(=O)Nc2ccc(Cl)cc2)CC1. The second kappa shape index (κ2) is 11.1. The van der Waals surface area contributed by atoms with Crippen molar-refractivity contribution < 1.29 is 23.9 Å². The molecule has 2 aliphatic rings. The molecule has 2 aliphatic heterocycles. The van der Waals surface area contributed by atoms with Crippen LogP contribution in [0.3, 0.4) is 0 Å². The van der Waals surface area contributed by atoms with Crippen molar-refractivity contribution in [3.8, 4) is 0 Å². The van der Waals surface area contributed by atoms with Gasteiger partial charge in [0.25, 0.3) is 0 Å². The second-order valence-corrected chi connectivity index (χ2v) is 8.05. The molecule has 0 saturated carbocycles. The minimum atomic E-state index is -0.871. The van der Waals surface area contributed by atoms with Gasteiger partial charge in [-0.2, -0.15) is 0 Å². The summed E-state index contributed by atoms with van der Waals surface area (Å²) in [4.78, 5) is 54.8. The van der Waals surface area contributed by atoms with Crippen LogP contribution in [0, 0.1) is 0 Å². The van der Waals surface area contributed by atoms with Gasteiger partial charge < -0.3 is 25.2 Å². The third-order valence-electron chi connectivity index (χ3n) is 5.42. The summed E-state index contributed by atoms with van der Waals surface area (Å²) in [7, 11) is 0. The molecule has 0 aromatic heterocycles. The number of amides is 4. The summed E-state index contributed by atoms with van der Waals surface area (Å²) < 4.78 is 5.01. The van der Waals surface area contributed by atoms with Crippen LogP contribution in [0.1, 0.15) is 13.3 Å². The Labute approximate surface area is 191 Å². The fourth-order valence-corrected chi connectivity index (χ4v) is 3.85. The Hall–Kier alpha value is -2.85. The number of anilines is 1. The van der Waals surface area contributed by atoms with E-state index < -0.39 is 6.04 Å². The van der Waals surface area contributed by atoms with E-state index in [0.29, 0.717) is 56.6 Å². The quantitative estimate of drug-likeness (QED) is 0.642. The molecule has 32 heavy (non-hydrogen) atoms. The van der Waals surface area contributed by atoms with Crippen molar-refractivity contribution in [3.63, 3.8) is 0 Å². The molecule has 0 unspecified atom stereocenters. The van der Waals surface area contributed by atoms with Crippen molar-refractivity contribution >= 4 is 41.1 Å². The number of halogens is 1. The van der Waals surface area contributed by atoms with Crippen LogP contribution in [0.5, 0.6) is 0 Å². The molecule has 0 radical (unpaired) electrons. The zero-order valence-corrected chi connectivity index (χ0v) is 18.8. The van der Waals surface area contributed by atoms with E-state index in [-0.39, 0.29) is 36.8 Å². The maximum absolute atomic E-state index is 13.0. The Morgan fingerprint density at radius 3 is 2.47 bits per heavy atom. The highest BCUT2D eigenvalue weighted by Crippen LogP contribution is 2.16. The number of hydrogen-bond acceptors (Lipinski definition) is 6. The van der Waals surface area contributed by atoms with E-state index in [2.05, 4.69) is 10.6 Å². The van der Waals surface area contributed by atoms with Crippen LogP contribution >= 0.6 is 11.6 Å². The van der Waals surface area contributed by atoms with Gasteiger partial charge >= 0.3 is 6.09 Å². The summed E-state index contributed by atoms with van der Waals surface area (Å²) in [6.45, 7) is 4.90. The number of ether oxygens (including phenoxy) is 1. The fourth-order valence-electron chi connectivity index (χ4n) is 3.72. The van der Waals surface area contributed by atoms with E-state index in [1.54, 1.807) is 36.1 Å². The molecule has 1 atom stereocenters. The van der Waals surface area contributed by atoms with E-state index >= 15 is 0 Å². The summed E-state index contributed by atoms with van der Waals surface area (Å²) in [5, 5.41) is 6.00. The maximum atomic E-state index is 13.0. The molecule has 4 amide bonds. The van der Waals surface area contributed by atoms with Gasteiger partial charge in [-0.3, -0.25) is 19.3 Å². The van der Waals surface area contributed by atoms with Crippen molar-refractivity contribution in [2.45, 2.75) is 19.4 Å². The Morgan fingerprint density at radius 1 is 1.12 bits per heavy atom. The zero-order chi connectivity index (χ0) is 23.1. The minimum Gasteiger partial charge on any atom is -0.450 e. The predicted octanol–water partition coefficient (Wildman–Crippen LogP) is 0.770. The molecule has 2 heterocycles. The first-order valence-corrected chi connectivity index (χ1v) is 11.0. The number of nitrogens with one attached hydrogen (secondary N) is 2. The highest BCUT2D eigenvalue weighted by atomic mass is 35.5. The lowest BCUT2D eigenvalue weighted by atomic mass is 10.1. The molecule has 1 aromatic rings. The lowest BCUT2D eigenvalue weighted by Gasteiger charge is -2.38. The highest BCUT2D eigenvalue weighted by molar-refractivity contribution is 6.30. The minimum absolute atomic E-state index is 0.124. The van der Waals surface area contributed by atoms with Gasteiger partial charge in [-0.25, -0.2) is 4.79 Å². The first kappa shape index (κ1) is 23.8. The van der Waals surface area contributed by atoms with Crippen molar-refractivity contribution in [1.29, 1.82) is 0 Å². The average Bonchev–Trinajstić information content (AvgIpc) is 2.77. The third-order valence-corrected chi connectivity index (χ3v) is 5.67. The molecule has 174 valence electrons. The molecule has 10 nitrogen and oxygen atoms in total. The molecule has 0 spiro atoms. The van der Waals surface area contributed by atoms with Crippen LogP contribution in [0.25, 0.3) is 0 Å². The predicted molar refractivity (Wildman–Crippen MR) is 118 cm³/mol. The molecule has 2 fully saturated rings. The van der Waals surface area contributed by atoms with Crippen LogP contribution < -0.4 is 10.6 Å². The maximum Gasteiger partial charge on any atom is 0.409 e. The number of hydrogen-bond donors (Lipinski definition) is 2. The molecule has 0 aliphatic carbocycles. The van der Waals surface area contributed by atoms with Crippen LogP contribution in [0.15, 0.2) is 24.3 Å². The van der Waals surface area contributed by atoms with E-state index in [1.807, 2.05) is 4.90 Å². The summed E-state index contributed by atoms with van der Waals surface area (Å²) in [5.41, 5.74) is 0.563. The number of benzene rings is 1. The Morgan fingerprint density at radius 2 is 1.81 bits per heavy atom. The molecular formula is C21H28ClN5O5. The lowest BCUT2D eigenvalue weighted by Crippen LogP contribution is -2.60. The molecule has 11 heteroatoms. The molecular weight excluding hydrogens is 438 g/mol. The van der Waals surface area contributed by atoms with Gasteiger partial charge in [0.15, 0.2) is 0 Å². The van der Waals surface area contributed by atoms with Gasteiger partial charge in [0.2, 0.25) is 17.7 Å². The highest BCUT2D eigenvalue weighted by Gasteiger charge is 2.35.